The normalized spacial score (nSPS) is 11.9. The fourth-order valence-corrected chi connectivity index (χ4v) is 2.13. The van der Waals surface area contributed by atoms with E-state index in [-0.39, 0.29) is 11.9 Å². The number of hydrogen-bond acceptors (Lipinski definition) is 2. The highest BCUT2D eigenvalue weighted by Gasteiger charge is 2.13. The highest BCUT2D eigenvalue weighted by atomic mass is 35.5. The standard InChI is InChI=1S/C16H17ClN2O/c1-10-3-5-12(6-4-10)11(2)19-16(20)14-8-7-13(17)9-15(14)18/h3-9,11H,18H2,1-2H3,(H,19,20). The zero-order chi connectivity index (χ0) is 14.7. The predicted molar refractivity (Wildman–Crippen MR) is 82.9 cm³/mol. The summed E-state index contributed by atoms with van der Waals surface area (Å²) in [7, 11) is 0. The molecule has 1 unspecified atom stereocenters. The van der Waals surface area contributed by atoms with Gasteiger partial charge in [-0.3, -0.25) is 4.79 Å². The molecule has 3 nitrogen and oxygen atoms in total. The molecule has 0 fully saturated rings. The molecular formula is C16H17ClN2O. The lowest BCUT2D eigenvalue weighted by Crippen LogP contribution is -2.27. The smallest absolute Gasteiger partial charge is 0.253 e. The maximum absolute atomic E-state index is 12.2. The summed E-state index contributed by atoms with van der Waals surface area (Å²) in [6.07, 6.45) is 0. The molecule has 0 aromatic heterocycles. The quantitative estimate of drug-likeness (QED) is 0.846. The van der Waals surface area contributed by atoms with Crippen molar-refractivity contribution in [1.29, 1.82) is 0 Å². The molecule has 0 bridgehead atoms. The van der Waals surface area contributed by atoms with Gasteiger partial charge < -0.3 is 11.1 Å². The molecule has 104 valence electrons. The number of carbonyl (C=O) groups is 1. The van der Waals surface area contributed by atoms with Gasteiger partial charge in [-0.05, 0) is 37.6 Å². The van der Waals surface area contributed by atoms with Crippen LogP contribution >= 0.6 is 11.6 Å². The Hall–Kier alpha value is -2.00. The van der Waals surface area contributed by atoms with E-state index in [2.05, 4.69) is 5.32 Å². The fourth-order valence-electron chi connectivity index (χ4n) is 1.95. The van der Waals surface area contributed by atoms with Gasteiger partial charge in [-0.2, -0.15) is 0 Å². The highest BCUT2D eigenvalue weighted by molar-refractivity contribution is 6.31. The molecule has 2 aromatic rings. The first-order valence-electron chi connectivity index (χ1n) is 6.40. The molecule has 1 amide bonds. The Kier molecular flexibility index (Phi) is 4.30. The van der Waals surface area contributed by atoms with Crippen LogP contribution in [0.2, 0.25) is 5.02 Å². The van der Waals surface area contributed by atoms with E-state index in [9.17, 15) is 4.79 Å². The Bertz CT molecular complexity index is 623. The lowest BCUT2D eigenvalue weighted by Gasteiger charge is -2.15. The molecule has 0 saturated carbocycles. The molecule has 0 saturated heterocycles. The van der Waals surface area contributed by atoms with Crippen LogP contribution in [0.3, 0.4) is 0 Å². The van der Waals surface area contributed by atoms with E-state index in [4.69, 9.17) is 17.3 Å². The zero-order valence-corrected chi connectivity index (χ0v) is 12.2. The van der Waals surface area contributed by atoms with Crippen LogP contribution in [0.25, 0.3) is 0 Å². The molecule has 1 atom stereocenters. The van der Waals surface area contributed by atoms with Crippen molar-refractivity contribution in [2.45, 2.75) is 19.9 Å². The lowest BCUT2D eigenvalue weighted by molar-refractivity contribution is 0.0941. The lowest BCUT2D eigenvalue weighted by atomic mass is 10.1. The maximum atomic E-state index is 12.2. The van der Waals surface area contributed by atoms with Gasteiger partial charge >= 0.3 is 0 Å². The summed E-state index contributed by atoms with van der Waals surface area (Å²) in [5.41, 5.74) is 8.87. The van der Waals surface area contributed by atoms with Crippen molar-refractivity contribution in [3.05, 3.63) is 64.2 Å². The van der Waals surface area contributed by atoms with Crippen molar-refractivity contribution in [2.24, 2.45) is 0 Å². The van der Waals surface area contributed by atoms with Crippen LogP contribution in [-0.2, 0) is 0 Å². The van der Waals surface area contributed by atoms with E-state index in [0.717, 1.165) is 5.56 Å². The number of carbonyl (C=O) groups excluding carboxylic acids is 1. The van der Waals surface area contributed by atoms with Crippen LogP contribution < -0.4 is 11.1 Å². The van der Waals surface area contributed by atoms with E-state index in [1.54, 1.807) is 18.2 Å². The summed E-state index contributed by atoms with van der Waals surface area (Å²) < 4.78 is 0. The van der Waals surface area contributed by atoms with Crippen LogP contribution in [0.15, 0.2) is 42.5 Å². The second kappa shape index (κ2) is 5.97. The van der Waals surface area contributed by atoms with Crippen LogP contribution in [0, 0.1) is 6.92 Å². The molecular weight excluding hydrogens is 272 g/mol. The van der Waals surface area contributed by atoms with Crippen LogP contribution in [0.1, 0.15) is 34.5 Å². The van der Waals surface area contributed by atoms with E-state index in [1.165, 1.54) is 5.56 Å². The minimum Gasteiger partial charge on any atom is -0.398 e. The minimum atomic E-state index is -0.202. The molecule has 0 spiro atoms. The number of nitrogens with one attached hydrogen (secondary N) is 1. The number of nitrogen functional groups attached to an aromatic ring is 1. The molecule has 2 aromatic carbocycles. The van der Waals surface area contributed by atoms with Crippen molar-refractivity contribution in [3.8, 4) is 0 Å². The SMILES string of the molecule is Cc1ccc(C(C)NC(=O)c2ccc(Cl)cc2N)cc1. The molecule has 0 aliphatic carbocycles. The van der Waals surface area contributed by atoms with Gasteiger partial charge in [0.15, 0.2) is 0 Å². The number of hydrogen-bond donors (Lipinski definition) is 2. The van der Waals surface area contributed by atoms with Crippen molar-refractivity contribution in [1.82, 2.24) is 5.32 Å². The number of halogens is 1. The molecule has 0 heterocycles. The molecule has 0 aliphatic rings. The van der Waals surface area contributed by atoms with E-state index in [0.29, 0.717) is 16.3 Å². The Morgan fingerprint density at radius 2 is 1.85 bits per heavy atom. The Morgan fingerprint density at radius 1 is 1.20 bits per heavy atom. The molecule has 2 rings (SSSR count). The Labute approximate surface area is 123 Å². The molecule has 0 aliphatic heterocycles. The third-order valence-electron chi connectivity index (χ3n) is 3.18. The summed E-state index contributed by atoms with van der Waals surface area (Å²) in [4.78, 5) is 12.2. The topological polar surface area (TPSA) is 55.1 Å². The maximum Gasteiger partial charge on any atom is 0.253 e. The van der Waals surface area contributed by atoms with Gasteiger partial charge in [0.05, 0.1) is 11.6 Å². The second-order valence-electron chi connectivity index (χ2n) is 4.84. The average Bonchev–Trinajstić information content (AvgIpc) is 2.39. The summed E-state index contributed by atoms with van der Waals surface area (Å²) in [6, 6.07) is 12.8. The van der Waals surface area contributed by atoms with E-state index < -0.39 is 0 Å². The number of amides is 1. The van der Waals surface area contributed by atoms with E-state index >= 15 is 0 Å². The number of rotatable bonds is 3. The Morgan fingerprint density at radius 3 is 2.45 bits per heavy atom. The van der Waals surface area contributed by atoms with Gasteiger partial charge in [0, 0.05) is 10.7 Å². The Balaban J connectivity index is 2.13. The van der Waals surface area contributed by atoms with Crippen molar-refractivity contribution in [2.75, 3.05) is 5.73 Å². The second-order valence-corrected chi connectivity index (χ2v) is 5.27. The first kappa shape index (κ1) is 14.4. The van der Waals surface area contributed by atoms with Crippen LogP contribution in [0.5, 0.6) is 0 Å². The highest BCUT2D eigenvalue weighted by Crippen LogP contribution is 2.19. The molecule has 0 radical (unpaired) electrons. The summed E-state index contributed by atoms with van der Waals surface area (Å²) in [5.74, 6) is -0.202. The number of benzene rings is 2. The third kappa shape index (κ3) is 3.31. The summed E-state index contributed by atoms with van der Waals surface area (Å²) in [6.45, 7) is 3.97. The third-order valence-corrected chi connectivity index (χ3v) is 3.42. The predicted octanol–water partition coefficient (Wildman–Crippen LogP) is 3.72. The van der Waals surface area contributed by atoms with Crippen LogP contribution in [-0.4, -0.2) is 5.91 Å². The minimum absolute atomic E-state index is 0.0850. The summed E-state index contributed by atoms with van der Waals surface area (Å²) in [5, 5.41) is 3.45. The summed E-state index contributed by atoms with van der Waals surface area (Å²) >= 11 is 5.83. The average molecular weight is 289 g/mol. The number of nitrogens with two attached hydrogens (primary N) is 1. The van der Waals surface area contributed by atoms with Gasteiger partial charge in [0.1, 0.15) is 0 Å². The van der Waals surface area contributed by atoms with Crippen molar-refractivity contribution in [3.63, 3.8) is 0 Å². The van der Waals surface area contributed by atoms with Crippen LogP contribution in [0.4, 0.5) is 5.69 Å². The molecule has 4 heteroatoms. The monoisotopic (exact) mass is 288 g/mol. The van der Waals surface area contributed by atoms with Gasteiger partial charge in [0.25, 0.3) is 5.91 Å². The zero-order valence-electron chi connectivity index (χ0n) is 11.5. The fraction of sp³-hybridized carbons (Fsp3) is 0.188. The van der Waals surface area contributed by atoms with Crippen molar-refractivity contribution < 1.29 is 4.79 Å². The molecule has 20 heavy (non-hydrogen) atoms. The van der Waals surface area contributed by atoms with Gasteiger partial charge in [0.2, 0.25) is 0 Å². The van der Waals surface area contributed by atoms with Crippen molar-refractivity contribution >= 4 is 23.2 Å². The van der Waals surface area contributed by atoms with Gasteiger partial charge in [-0.1, -0.05) is 41.4 Å². The molecule has 3 N–H and O–H groups in total. The van der Waals surface area contributed by atoms with Gasteiger partial charge in [-0.15, -0.1) is 0 Å². The number of anilines is 1. The number of aryl methyl sites for hydroxylation is 1. The first-order chi connectivity index (χ1) is 9.47. The van der Waals surface area contributed by atoms with E-state index in [1.807, 2.05) is 38.1 Å². The first-order valence-corrected chi connectivity index (χ1v) is 6.77. The largest absolute Gasteiger partial charge is 0.398 e. The van der Waals surface area contributed by atoms with Gasteiger partial charge in [-0.25, -0.2) is 0 Å².